The van der Waals surface area contributed by atoms with Crippen LogP contribution in [0.25, 0.3) is 11.1 Å². The van der Waals surface area contributed by atoms with Crippen LogP contribution in [0.3, 0.4) is 0 Å². The fourth-order valence-corrected chi connectivity index (χ4v) is 5.06. The summed E-state index contributed by atoms with van der Waals surface area (Å²) in [7, 11) is -2.54. The predicted molar refractivity (Wildman–Crippen MR) is 133 cm³/mol. The summed E-state index contributed by atoms with van der Waals surface area (Å²) in [6.45, 7) is 0.419. The molecule has 1 aromatic heterocycles. The molecule has 9 heteroatoms. The molecule has 2 N–H and O–H groups in total. The van der Waals surface area contributed by atoms with E-state index >= 15 is 0 Å². The van der Waals surface area contributed by atoms with E-state index in [1.807, 2.05) is 60.7 Å². The highest BCUT2D eigenvalue weighted by Crippen LogP contribution is 2.19. The highest BCUT2D eigenvalue weighted by Gasteiger charge is 2.26. The molecule has 1 heterocycles. The lowest BCUT2D eigenvalue weighted by molar-refractivity contribution is -0.122. The van der Waals surface area contributed by atoms with Crippen LogP contribution in [-0.2, 0) is 34.7 Å². The lowest BCUT2D eigenvalue weighted by Gasteiger charge is -2.19. The first-order valence-corrected chi connectivity index (χ1v) is 12.8. The minimum atomic E-state index is -4.08. The minimum absolute atomic E-state index is 0.0886. The summed E-state index contributed by atoms with van der Waals surface area (Å²) in [6.07, 6.45) is 1.72. The molecule has 0 aliphatic rings. The third-order valence-corrected chi connectivity index (χ3v) is 7.22. The second-order valence-corrected chi connectivity index (χ2v) is 10.0. The summed E-state index contributed by atoms with van der Waals surface area (Å²) >= 11 is 0. The lowest BCUT2D eigenvalue weighted by atomic mass is 10.1. The van der Waals surface area contributed by atoms with E-state index in [0.29, 0.717) is 12.1 Å². The molecule has 1 atom stereocenters. The van der Waals surface area contributed by atoms with Gasteiger partial charge in [0.05, 0.1) is 10.4 Å². The third kappa shape index (κ3) is 6.06. The number of oxazole rings is 1. The highest BCUT2D eigenvalue weighted by atomic mass is 32.2. The molecule has 0 aliphatic heterocycles. The summed E-state index contributed by atoms with van der Waals surface area (Å²) in [4.78, 5) is 24.7. The van der Waals surface area contributed by atoms with Crippen LogP contribution >= 0.6 is 0 Å². The molecule has 0 radical (unpaired) electrons. The molecular weight excluding hydrogens is 466 g/mol. The number of carbonyl (C=O) groups is 1. The Labute approximate surface area is 203 Å². The van der Waals surface area contributed by atoms with Crippen LogP contribution in [-0.4, -0.2) is 31.5 Å². The number of carbonyl (C=O) groups excluding carboxylic acids is 1. The van der Waals surface area contributed by atoms with Gasteiger partial charge in [0.25, 0.3) is 0 Å². The monoisotopic (exact) mass is 493 g/mol. The van der Waals surface area contributed by atoms with Gasteiger partial charge in [0.15, 0.2) is 5.58 Å². The number of aryl methyl sites for hydroxylation is 2. The van der Waals surface area contributed by atoms with Gasteiger partial charge >= 0.3 is 5.76 Å². The van der Waals surface area contributed by atoms with Crippen molar-refractivity contribution in [2.45, 2.75) is 30.2 Å². The zero-order valence-corrected chi connectivity index (χ0v) is 20.1. The molecular formula is C26H27N3O5S. The number of rotatable bonds is 10. The molecule has 4 aromatic rings. The van der Waals surface area contributed by atoms with Gasteiger partial charge in [-0.3, -0.25) is 9.36 Å². The Morgan fingerprint density at radius 2 is 1.63 bits per heavy atom. The van der Waals surface area contributed by atoms with Crippen molar-refractivity contribution in [3.63, 3.8) is 0 Å². The van der Waals surface area contributed by atoms with Crippen molar-refractivity contribution in [2.75, 3.05) is 6.54 Å². The van der Waals surface area contributed by atoms with Crippen molar-refractivity contribution in [3.8, 4) is 0 Å². The average molecular weight is 494 g/mol. The van der Waals surface area contributed by atoms with E-state index < -0.39 is 27.7 Å². The zero-order chi connectivity index (χ0) is 24.8. The standard InChI is InChI=1S/C26H27N3O5S/c1-29-23-15-14-21(18-24(23)34-26(29)31)35(32,33)28-22(17-20-11-6-3-7-12-20)25(30)27-16-8-13-19-9-4-2-5-10-19/h2-7,9-12,14-15,18,22,28H,8,13,16-17H2,1H3,(H,27,30)/t22-/m0/s1. The van der Waals surface area contributed by atoms with E-state index in [2.05, 4.69) is 10.0 Å². The number of benzene rings is 3. The first-order valence-electron chi connectivity index (χ1n) is 11.3. The number of amides is 1. The number of aromatic nitrogens is 1. The molecule has 0 spiro atoms. The Morgan fingerprint density at radius 1 is 0.971 bits per heavy atom. The largest absolute Gasteiger partial charge is 0.419 e. The Bertz CT molecular complexity index is 1460. The summed E-state index contributed by atoms with van der Waals surface area (Å²) in [6, 6.07) is 22.3. The van der Waals surface area contributed by atoms with E-state index in [-0.39, 0.29) is 16.9 Å². The molecule has 0 saturated heterocycles. The van der Waals surface area contributed by atoms with Gasteiger partial charge in [-0.1, -0.05) is 60.7 Å². The second-order valence-electron chi connectivity index (χ2n) is 8.30. The number of sulfonamides is 1. The van der Waals surface area contributed by atoms with E-state index in [0.717, 1.165) is 18.4 Å². The fourth-order valence-electron chi connectivity index (χ4n) is 3.85. The summed E-state index contributed by atoms with van der Waals surface area (Å²) in [5, 5.41) is 2.86. The van der Waals surface area contributed by atoms with Crippen LogP contribution in [0, 0.1) is 0 Å². The third-order valence-electron chi connectivity index (χ3n) is 5.75. The maximum Gasteiger partial charge on any atom is 0.419 e. The van der Waals surface area contributed by atoms with E-state index in [9.17, 15) is 18.0 Å². The molecule has 0 saturated carbocycles. The number of hydrogen-bond donors (Lipinski definition) is 2. The van der Waals surface area contributed by atoms with Crippen LogP contribution in [0.1, 0.15) is 17.5 Å². The maximum absolute atomic E-state index is 13.2. The van der Waals surface area contributed by atoms with Crippen molar-refractivity contribution in [3.05, 3.63) is 101 Å². The summed E-state index contributed by atoms with van der Waals surface area (Å²) < 4.78 is 35.3. The maximum atomic E-state index is 13.2. The Kier molecular flexibility index (Phi) is 7.48. The van der Waals surface area contributed by atoms with Gasteiger partial charge < -0.3 is 9.73 Å². The molecule has 0 bridgehead atoms. The van der Waals surface area contributed by atoms with Gasteiger partial charge in [-0.15, -0.1) is 0 Å². The molecule has 1 amide bonds. The van der Waals surface area contributed by atoms with Crippen molar-refractivity contribution < 1.29 is 17.6 Å². The summed E-state index contributed by atoms with van der Waals surface area (Å²) in [5.41, 5.74) is 2.63. The molecule has 8 nitrogen and oxygen atoms in total. The molecule has 35 heavy (non-hydrogen) atoms. The van der Waals surface area contributed by atoms with Crippen molar-refractivity contribution in [1.82, 2.24) is 14.6 Å². The Hall–Kier alpha value is -3.69. The van der Waals surface area contributed by atoms with E-state index in [1.165, 1.54) is 28.3 Å². The quantitative estimate of drug-likeness (QED) is 0.330. The van der Waals surface area contributed by atoms with E-state index in [4.69, 9.17) is 4.42 Å². The number of nitrogens with zero attached hydrogens (tertiary/aromatic N) is 1. The van der Waals surface area contributed by atoms with Crippen LogP contribution < -0.4 is 15.8 Å². The Balaban J connectivity index is 1.49. The molecule has 0 aliphatic carbocycles. The zero-order valence-electron chi connectivity index (χ0n) is 19.3. The van der Waals surface area contributed by atoms with Gasteiger partial charge in [-0.2, -0.15) is 4.72 Å². The smallest absolute Gasteiger partial charge is 0.408 e. The molecule has 0 fully saturated rings. The number of nitrogens with one attached hydrogen (secondary N) is 2. The fraction of sp³-hybridized carbons (Fsp3) is 0.231. The number of hydrogen-bond acceptors (Lipinski definition) is 5. The normalized spacial score (nSPS) is 12.5. The first-order chi connectivity index (χ1) is 16.8. The predicted octanol–water partition coefficient (Wildman–Crippen LogP) is 2.77. The van der Waals surface area contributed by atoms with Crippen molar-refractivity contribution >= 4 is 27.0 Å². The molecule has 0 unspecified atom stereocenters. The lowest BCUT2D eigenvalue weighted by Crippen LogP contribution is -2.48. The van der Waals surface area contributed by atoms with Crippen molar-refractivity contribution in [2.24, 2.45) is 7.05 Å². The average Bonchev–Trinajstić information content (AvgIpc) is 3.15. The topological polar surface area (TPSA) is 110 Å². The van der Waals surface area contributed by atoms with Gasteiger partial charge in [-0.05, 0) is 42.5 Å². The SMILES string of the molecule is Cn1c(=O)oc2cc(S(=O)(=O)N[C@@H](Cc3ccccc3)C(=O)NCCCc3ccccc3)ccc21. The molecule has 3 aromatic carbocycles. The van der Waals surface area contributed by atoms with Gasteiger partial charge in [-0.25, -0.2) is 13.2 Å². The Morgan fingerprint density at radius 3 is 2.31 bits per heavy atom. The second kappa shape index (κ2) is 10.7. The first kappa shape index (κ1) is 24.4. The van der Waals surface area contributed by atoms with Crippen LogP contribution in [0.15, 0.2) is 93.0 Å². The number of fused-ring (bicyclic) bond motifs is 1. The van der Waals surface area contributed by atoms with Crippen LogP contribution in [0.4, 0.5) is 0 Å². The molecule has 4 rings (SSSR count). The highest BCUT2D eigenvalue weighted by molar-refractivity contribution is 7.89. The van der Waals surface area contributed by atoms with Crippen molar-refractivity contribution in [1.29, 1.82) is 0 Å². The van der Waals surface area contributed by atoms with Gasteiger partial charge in [0, 0.05) is 19.7 Å². The summed E-state index contributed by atoms with van der Waals surface area (Å²) in [5.74, 6) is -0.989. The van der Waals surface area contributed by atoms with Gasteiger partial charge in [0.1, 0.15) is 6.04 Å². The van der Waals surface area contributed by atoms with Gasteiger partial charge in [0.2, 0.25) is 15.9 Å². The van der Waals surface area contributed by atoms with Crippen LogP contribution in [0.5, 0.6) is 0 Å². The van der Waals surface area contributed by atoms with E-state index in [1.54, 1.807) is 7.05 Å². The molecule has 182 valence electrons. The minimum Gasteiger partial charge on any atom is -0.408 e. The van der Waals surface area contributed by atoms with Crippen LogP contribution in [0.2, 0.25) is 0 Å².